The lowest BCUT2D eigenvalue weighted by Crippen LogP contribution is -2.36. The second-order valence-corrected chi connectivity index (χ2v) is 9.01. The minimum Gasteiger partial charge on any atom is -0.346 e. The van der Waals surface area contributed by atoms with Crippen molar-refractivity contribution in [2.45, 2.75) is 63.8 Å². The highest BCUT2D eigenvalue weighted by Crippen LogP contribution is 2.34. The van der Waals surface area contributed by atoms with Gasteiger partial charge < -0.3 is 10.2 Å². The number of nitrogens with one attached hydrogen (secondary N) is 1. The maximum absolute atomic E-state index is 5.03. The molecule has 2 aliphatic rings. The lowest BCUT2D eigenvalue weighted by Gasteiger charge is -2.30. The number of thioether (sulfide) groups is 1. The molecular formula is C16H27N3S2. The molecule has 1 aromatic rings. The van der Waals surface area contributed by atoms with Crippen molar-refractivity contribution in [1.82, 2.24) is 10.3 Å². The van der Waals surface area contributed by atoms with Gasteiger partial charge in [0.05, 0.1) is 5.69 Å². The first-order chi connectivity index (χ1) is 10.2. The zero-order valence-corrected chi connectivity index (χ0v) is 15.0. The van der Waals surface area contributed by atoms with Gasteiger partial charge in [-0.05, 0) is 25.2 Å². The summed E-state index contributed by atoms with van der Waals surface area (Å²) < 4.78 is 0. The predicted octanol–water partition coefficient (Wildman–Crippen LogP) is 3.85. The van der Waals surface area contributed by atoms with E-state index in [0.717, 1.165) is 30.9 Å². The molecular weight excluding hydrogens is 298 g/mol. The summed E-state index contributed by atoms with van der Waals surface area (Å²) in [6.07, 6.45) is 3.88. The average Bonchev–Trinajstić information content (AvgIpc) is 3.22. The molecule has 118 valence electrons. The SMILES string of the molecule is CCC(C)c1nc(N2CCSC(C)C2)sc1CNC1CC1. The number of thiazole rings is 1. The molecule has 3 nitrogen and oxygen atoms in total. The smallest absolute Gasteiger partial charge is 0.185 e. The monoisotopic (exact) mass is 325 g/mol. The second-order valence-electron chi connectivity index (χ2n) is 6.40. The zero-order chi connectivity index (χ0) is 14.8. The zero-order valence-electron chi connectivity index (χ0n) is 13.4. The summed E-state index contributed by atoms with van der Waals surface area (Å²) in [6.45, 7) is 10.2. The third kappa shape index (κ3) is 3.93. The molecule has 2 atom stereocenters. The Balaban J connectivity index is 1.76. The van der Waals surface area contributed by atoms with Crippen LogP contribution in [0.1, 0.15) is 56.5 Å². The number of rotatable bonds is 6. The van der Waals surface area contributed by atoms with Crippen molar-refractivity contribution in [2.24, 2.45) is 0 Å². The Morgan fingerprint density at radius 2 is 2.24 bits per heavy atom. The van der Waals surface area contributed by atoms with Gasteiger partial charge >= 0.3 is 0 Å². The Morgan fingerprint density at radius 1 is 1.43 bits per heavy atom. The van der Waals surface area contributed by atoms with Gasteiger partial charge in [-0.1, -0.05) is 20.8 Å². The third-order valence-electron chi connectivity index (χ3n) is 4.44. The van der Waals surface area contributed by atoms with Gasteiger partial charge in [0.15, 0.2) is 5.13 Å². The number of hydrogen-bond donors (Lipinski definition) is 1. The van der Waals surface area contributed by atoms with Gasteiger partial charge in [0.1, 0.15) is 0 Å². The van der Waals surface area contributed by atoms with E-state index < -0.39 is 0 Å². The Kier molecular flexibility index (Phi) is 5.12. The fraction of sp³-hybridized carbons (Fsp3) is 0.812. The van der Waals surface area contributed by atoms with E-state index in [1.165, 1.54) is 40.7 Å². The molecule has 0 amide bonds. The lowest BCUT2D eigenvalue weighted by atomic mass is 10.0. The molecule has 1 saturated carbocycles. The predicted molar refractivity (Wildman–Crippen MR) is 94.8 cm³/mol. The highest BCUT2D eigenvalue weighted by Gasteiger charge is 2.25. The van der Waals surface area contributed by atoms with E-state index >= 15 is 0 Å². The third-order valence-corrected chi connectivity index (χ3v) is 6.70. The normalized spacial score (nSPS) is 24.3. The maximum atomic E-state index is 5.03. The summed E-state index contributed by atoms with van der Waals surface area (Å²) in [6, 6.07) is 0.770. The highest BCUT2D eigenvalue weighted by atomic mass is 32.2. The molecule has 1 aromatic heterocycles. The summed E-state index contributed by atoms with van der Waals surface area (Å²) in [7, 11) is 0. The first-order valence-electron chi connectivity index (χ1n) is 8.27. The first-order valence-corrected chi connectivity index (χ1v) is 10.1. The van der Waals surface area contributed by atoms with Crippen LogP contribution in [0.25, 0.3) is 0 Å². The Hall–Kier alpha value is -0.260. The second kappa shape index (κ2) is 6.88. The fourth-order valence-corrected chi connectivity index (χ4v) is 4.89. The van der Waals surface area contributed by atoms with Crippen LogP contribution in [-0.4, -0.2) is 35.1 Å². The van der Waals surface area contributed by atoms with Gasteiger partial charge in [-0.25, -0.2) is 4.98 Å². The number of hydrogen-bond acceptors (Lipinski definition) is 5. The van der Waals surface area contributed by atoms with Crippen molar-refractivity contribution >= 4 is 28.2 Å². The quantitative estimate of drug-likeness (QED) is 0.860. The number of anilines is 1. The highest BCUT2D eigenvalue weighted by molar-refractivity contribution is 8.00. The standard InChI is InChI=1S/C16H27N3S2/c1-4-11(2)15-14(9-17-13-5-6-13)21-16(18-15)19-7-8-20-12(3)10-19/h11-13,17H,4-10H2,1-3H3. The molecule has 1 aliphatic carbocycles. The fourth-order valence-electron chi connectivity index (χ4n) is 2.71. The molecule has 0 aromatic carbocycles. The minimum absolute atomic E-state index is 0.572. The topological polar surface area (TPSA) is 28.2 Å². The van der Waals surface area contributed by atoms with E-state index in [1.807, 2.05) is 11.3 Å². The van der Waals surface area contributed by atoms with Gasteiger partial charge in [-0.2, -0.15) is 11.8 Å². The molecule has 3 rings (SSSR count). The number of nitrogens with zero attached hydrogens (tertiary/aromatic N) is 2. The van der Waals surface area contributed by atoms with Crippen LogP contribution in [-0.2, 0) is 6.54 Å². The number of aromatic nitrogens is 1. The molecule has 5 heteroatoms. The van der Waals surface area contributed by atoms with E-state index in [9.17, 15) is 0 Å². The average molecular weight is 326 g/mol. The summed E-state index contributed by atoms with van der Waals surface area (Å²) in [4.78, 5) is 9.00. The summed E-state index contributed by atoms with van der Waals surface area (Å²) >= 11 is 4.01. The van der Waals surface area contributed by atoms with Gasteiger partial charge in [-0.15, -0.1) is 11.3 Å². The van der Waals surface area contributed by atoms with Crippen LogP contribution in [0.5, 0.6) is 0 Å². The summed E-state index contributed by atoms with van der Waals surface area (Å²) in [5.74, 6) is 1.80. The van der Waals surface area contributed by atoms with Crippen LogP contribution < -0.4 is 10.2 Å². The maximum Gasteiger partial charge on any atom is 0.185 e. The molecule has 2 unspecified atom stereocenters. The van der Waals surface area contributed by atoms with E-state index in [2.05, 4.69) is 42.7 Å². The van der Waals surface area contributed by atoms with Crippen LogP contribution in [0, 0.1) is 0 Å². The van der Waals surface area contributed by atoms with Crippen molar-refractivity contribution < 1.29 is 0 Å². The first kappa shape index (κ1) is 15.6. The Morgan fingerprint density at radius 3 is 2.90 bits per heavy atom. The van der Waals surface area contributed by atoms with E-state index in [0.29, 0.717) is 5.92 Å². The van der Waals surface area contributed by atoms with E-state index in [-0.39, 0.29) is 0 Å². The van der Waals surface area contributed by atoms with Crippen LogP contribution in [0.4, 0.5) is 5.13 Å². The van der Waals surface area contributed by atoms with Crippen LogP contribution in [0.15, 0.2) is 0 Å². The van der Waals surface area contributed by atoms with E-state index in [1.54, 1.807) is 0 Å². The molecule has 1 saturated heterocycles. The molecule has 1 N–H and O–H groups in total. The Labute approximate surface area is 136 Å². The molecule has 2 heterocycles. The van der Waals surface area contributed by atoms with Crippen molar-refractivity contribution in [3.8, 4) is 0 Å². The molecule has 1 aliphatic heterocycles. The molecule has 0 radical (unpaired) electrons. The van der Waals surface area contributed by atoms with Gasteiger partial charge in [0.25, 0.3) is 0 Å². The van der Waals surface area contributed by atoms with Gasteiger partial charge in [-0.3, -0.25) is 0 Å². The molecule has 0 bridgehead atoms. The van der Waals surface area contributed by atoms with Crippen LogP contribution in [0.2, 0.25) is 0 Å². The molecule has 2 fully saturated rings. The van der Waals surface area contributed by atoms with Gasteiger partial charge in [0.2, 0.25) is 0 Å². The lowest BCUT2D eigenvalue weighted by molar-refractivity contribution is 0.660. The van der Waals surface area contributed by atoms with Crippen LogP contribution >= 0.6 is 23.1 Å². The van der Waals surface area contributed by atoms with Crippen molar-refractivity contribution in [1.29, 1.82) is 0 Å². The van der Waals surface area contributed by atoms with Crippen molar-refractivity contribution in [3.05, 3.63) is 10.6 Å². The largest absolute Gasteiger partial charge is 0.346 e. The minimum atomic E-state index is 0.572. The van der Waals surface area contributed by atoms with E-state index in [4.69, 9.17) is 4.98 Å². The summed E-state index contributed by atoms with van der Waals surface area (Å²) in [5, 5.41) is 5.64. The van der Waals surface area contributed by atoms with Gasteiger partial charge in [0, 0.05) is 41.6 Å². The van der Waals surface area contributed by atoms with Crippen molar-refractivity contribution in [3.63, 3.8) is 0 Å². The summed E-state index contributed by atoms with van der Waals surface area (Å²) in [5.41, 5.74) is 1.34. The van der Waals surface area contributed by atoms with Crippen LogP contribution in [0.3, 0.4) is 0 Å². The molecule has 0 spiro atoms. The van der Waals surface area contributed by atoms with Crippen molar-refractivity contribution in [2.75, 3.05) is 23.7 Å². The molecule has 21 heavy (non-hydrogen) atoms. The Bertz CT molecular complexity index is 470.